The van der Waals surface area contributed by atoms with Crippen molar-refractivity contribution in [1.82, 2.24) is 14.9 Å². The van der Waals surface area contributed by atoms with E-state index < -0.39 is 25.4 Å². The standard InChI is InChI=1S/C7H12N4O4S3/c1-7(2-3-17(12,13)4-7)11-18(14,15)6-10-9-5(8)16-6/h11H,2-4H2,1H3,(H2,8,9). The molecule has 0 bridgehead atoms. The summed E-state index contributed by atoms with van der Waals surface area (Å²) in [6.07, 6.45) is 0.239. The summed E-state index contributed by atoms with van der Waals surface area (Å²) in [6.45, 7) is 1.56. The highest BCUT2D eigenvalue weighted by atomic mass is 32.2. The molecule has 0 saturated carbocycles. The second-order valence-corrected chi connectivity index (χ2v) is 9.46. The SMILES string of the molecule is CC1(NS(=O)(=O)c2nnc(N)s2)CCS(=O)(=O)C1. The van der Waals surface area contributed by atoms with Crippen molar-refractivity contribution < 1.29 is 16.8 Å². The Labute approximate surface area is 109 Å². The first-order valence-electron chi connectivity index (χ1n) is 4.95. The van der Waals surface area contributed by atoms with Crippen molar-refractivity contribution in [1.29, 1.82) is 0 Å². The first-order valence-corrected chi connectivity index (χ1v) is 9.07. The smallest absolute Gasteiger partial charge is 0.270 e. The van der Waals surface area contributed by atoms with Crippen molar-refractivity contribution >= 4 is 36.3 Å². The van der Waals surface area contributed by atoms with E-state index in [0.29, 0.717) is 0 Å². The Kier molecular flexibility index (Phi) is 3.12. The summed E-state index contributed by atoms with van der Waals surface area (Å²) in [5.41, 5.74) is 4.31. The van der Waals surface area contributed by atoms with Crippen LogP contribution < -0.4 is 10.5 Å². The minimum absolute atomic E-state index is 0.0235. The number of nitrogens with two attached hydrogens (primary N) is 1. The van der Waals surface area contributed by atoms with E-state index >= 15 is 0 Å². The third-order valence-corrected chi connectivity index (χ3v) is 7.20. The predicted molar refractivity (Wildman–Crippen MR) is 66.3 cm³/mol. The third-order valence-electron chi connectivity index (χ3n) is 2.54. The number of nitrogens with zero attached hydrogens (tertiary/aromatic N) is 2. The van der Waals surface area contributed by atoms with Gasteiger partial charge in [-0.2, -0.15) is 0 Å². The quantitative estimate of drug-likeness (QED) is 0.729. The summed E-state index contributed by atoms with van der Waals surface area (Å²) in [5.74, 6) is -0.238. The Morgan fingerprint density at radius 1 is 1.44 bits per heavy atom. The lowest BCUT2D eigenvalue weighted by Gasteiger charge is -2.22. The predicted octanol–water partition coefficient (Wildman–Crippen LogP) is -1.02. The fourth-order valence-electron chi connectivity index (χ4n) is 1.79. The topological polar surface area (TPSA) is 132 Å². The van der Waals surface area contributed by atoms with Crippen molar-refractivity contribution in [2.75, 3.05) is 17.2 Å². The van der Waals surface area contributed by atoms with Crippen LogP contribution >= 0.6 is 11.3 Å². The number of anilines is 1. The summed E-state index contributed by atoms with van der Waals surface area (Å²) < 4.78 is 48.8. The Hall–Kier alpha value is -0.780. The lowest BCUT2D eigenvalue weighted by atomic mass is 10.0. The zero-order valence-electron chi connectivity index (χ0n) is 9.45. The fourth-order valence-corrected chi connectivity index (χ4v) is 6.19. The van der Waals surface area contributed by atoms with Crippen molar-refractivity contribution in [3.63, 3.8) is 0 Å². The third kappa shape index (κ3) is 2.79. The molecule has 1 aromatic heterocycles. The van der Waals surface area contributed by atoms with E-state index in [0.717, 1.165) is 11.3 Å². The van der Waals surface area contributed by atoms with Gasteiger partial charge < -0.3 is 5.73 Å². The van der Waals surface area contributed by atoms with E-state index in [9.17, 15) is 16.8 Å². The molecule has 0 aromatic carbocycles. The molecule has 1 aliphatic rings. The van der Waals surface area contributed by atoms with Gasteiger partial charge >= 0.3 is 0 Å². The summed E-state index contributed by atoms with van der Waals surface area (Å²) in [6, 6.07) is 0. The van der Waals surface area contributed by atoms with E-state index in [-0.39, 0.29) is 27.4 Å². The van der Waals surface area contributed by atoms with Crippen LogP contribution in [-0.2, 0) is 19.9 Å². The van der Waals surface area contributed by atoms with E-state index in [2.05, 4.69) is 14.9 Å². The van der Waals surface area contributed by atoms with Crippen molar-refractivity contribution in [2.45, 2.75) is 23.2 Å². The molecule has 0 spiro atoms. The molecule has 2 rings (SSSR count). The van der Waals surface area contributed by atoms with Crippen molar-refractivity contribution in [2.24, 2.45) is 0 Å². The summed E-state index contributed by atoms with van der Waals surface area (Å²) in [5, 5.41) is 6.90. The number of hydrogen-bond acceptors (Lipinski definition) is 8. The Bertz CT molecular complexity index is 665. The van der Waals surface area contributed by atoms with Crippen LogP contribution in [0.4, 0.5) is 5.13 Å². The maximum atomic E-state index is 12.0. The molecule has 1 aliphatic heterocycles. The molecule has 0 radical (unpaired) electrons. The van der Waals surface area contributed by atoms with Crippen LogP contribution in [0.3, 0.4) is 0 Å². The van der Waals surface area contributed by atoms with Crippen LogP contribution in [0.5, 0.6) is 0 Å². The highest BCUT2D eigenvalue weighted by molar-refractivity contribution is 7.92. The molecule has 3 N–H and O–H groups in total. The van der Waals surface area contributed by atoms with Gasteiger partial charge in [-0.05, 0) is 13.3 Å². The molecule has 18 heavy (non-hydrogen) atoms. The Balaban J connectivity index is 2.24. The number of nitrogen functional groups attached to an aromatic ring is 1. The molecule has 1 fully saturated rings. The molecule has 2 heterocycles. The van der Waals surface area contributed by atoms with Gasteiger partial charge in [0.15, 0.2) is 9.84 Å². The van der Waals surface area contributed by atoms with Gasteiger partial charge in [0.05, 0.1) is 11.5 Å². The van der Waals surface area contributed by atoms with Crippen LogP contribution in [0.25, 0.3) is 0 Å². The maximum absolute atomic E-state index is 12.0. The van der Waals surface area contributed by atoms with Crippen LogP contribution in [0.1, 0.15) is 13.3 Å². The molecule has 102 valence electrons. The number of hydrogen-bond donors (Lipinski definition) is 2. The van der Waals surface area contributed by atoms with Crippen LogP contribution in [0, 0.1) is 0 Å². The van der Waals surface area contributed by atoms with Gasteiger partial charge in [-0.15, -0.1) is 10.2 Å². The minimum atomic E-state index is -3.88. The van der Waals surface area contributed by atoms with Gasteiger partial charge in [-0.1, -0.05) is 11.3 Å². The first-order chi connectivity index (χ1) is 8.12. The monoisotopic (exact) mass is 312 g/mol. The molecular formula is C7H12N4O4S3. The van der Waals surface area contributed by atoms with E-state index in [4.69, 9.17) is 5.73 Å². The van der Waals surface area contributed by atoms with Gasteiger partial charge in [-0.3, -0.25) is 0 Å². The average molecular weight is 312 g/mol. The first kappa shape index (κ1) is 13.6. The number of nitrogens with one attached hydrogen (secondary N) is 1. The largest absolute Gasteiger partial charge is 0.374 e. The molecule has 8 nitrogen and oxygen atoms in total. The lowest BCUT2D eigenvalue weighted by molar-refractivity contribution is 0.461. The normalized spacial score (nSPS) is 27.4. The summed E-state index contributed by atoms with van der Waals surface area (Å²) in [4.78, 5) is 0. The molecular weight excluding hydrogens is 300 g/mol. The molecule has 0 amide bonds. The highest BCUT2D eigenvalue weighted by Gasteiger charge is 2.42. The molecule has 1 aromatic rings. The van der Waals surface area contributed by atoms with Gasteiger partial charge in [0.2, 0.25) is 9.47 Å². The average Bonchev–Trinajstić information content (AvgIpc) is 2.70. The fraction of sp³-hybridized carbons (Fsp3) is 0.714. The number of aromatic nitrogens is 2. The van der Waals surface area contributed by atoms with Crippen LogP contribution in [0.2, 0.25) is 0 Å². The number of rotatable bonds is 3. The lowest BCUT2D eigenvalue weighted by Crippen LogP contribution is -2.46. The molecule has 11 heteroatoms. The van der Waals surface area contributed by atoms with E-state index in [1.165, 1.54) is 0 Å². The number of sulfonamides is 1. The minimum Gasteiger partial charge on any atom is -0.374 e. The van der Waals surface area contributed by atoms with Gasteiger partial charge in [0.25, 0.3) is 10.0 Å². The Morgan fingerprint density at radius 2 is 2.11 bits per heavy atom. The van der Waals surface area contributed by atoms with Gasteiger partial charge in [0.1, 0.15) is 0 Å². The molecule has 1 saturated heterocycles. The zero-order valence-corrected chi connectivity index (χ0v) is 11.9. The van der Waals surface area contributed by atoms with Gasteiger partial charge in [-0.25, -0.2) is 21.6 Å². The Morgan fingerprint density at radius 3 is 2.56 bits per heavy atom. The van der Waals surface area contributed by atoms with Crippen LogP contribution in [-0.4, -0.2) is 44.1 Å². The van der Waals surface area contributed by atoms with E-state index in [1.807, 2.05) is 0 Å². The highest BCUT2D eigenvalue weighted by Crippen LogP contribution is 2.26. The van der Waals surface area contributed by atoms with Crippen molar-refractivity contribution in [3.8, 4) is 0 Å². The second kappa shape index (κ2) is 4.11. The summed E-state index contributed by atoms with van der Waals surface area (Å²) in [7, 11) is -7.07. The molecule has 0 aliphatic carbocycles. The van der Waals surface area contributed by atoms with Crippen molar-refractivity contribution in [3.05, 3.63) is 0 Å². The maximum Gasteiger partial charge on any atom is 0.270 e. The van der Waals surface area contributed by atoms with Crippen LogP contribution in [0.15, 0.2) is 4.34 Å². The van der Waals surface area contributed by atoms with E-state index in [1.54, 1.807) is 6.92 Å². The molecule has 1 atom stereocenters. The second-order valence-electron chi connectivity index (χ2n) is 4.41. The number of sulfone groups is 1. The van der Waals surface area contributed by atoms with Gasteiger partial charge in [0, 0.05) is 5.54 Å². The summed E-state index contributed by atoms with van der Waals surface area (Å²) >= 11 is 0.732. The molecule has 1 unspecified atom stereocenters. The zero-order chi connectivity index (χ0) is 13.6.